The summed E-state index contributed by atoms with van der Waals surface area (Å²) >= 11 is 1.69. The van der Waals surface area contributed by atoms with Gasteiger partial charge >= 0.3 is 0 Å². The van der Waals surface area contributed by atoms with Gasteiger partial charge in [0.05, 0.1) is 17.7 Å². The molecule has 0 saturated heterocycles. The Morgan fingerprint density at radius 1 is 1.53 bits per heavy atom. The van der Waals surface area contributed by atoms with Gasteiger partial charge in [-0.15, -0.1) is 11.8 Å². The van der Waals surface area contributed by atoms with Gasteiger partial charge in [-0.2, -0.15) is 0 Å². The maximum absolute atomic E-state index is 5.91. The van der Waals surface area contributed by atoms with Crippen molar-refractivity contribution < 1.29 is 9.47 Å². The molecule has 1 unspecified atom stereocenters. The molecule has 0 spiro atoms. The number of rotatable bonds is 1. The predicted molar refractivity (Wildman–Crippen MR) is 62.6 cm³/mol. The van der Waals surface area contributed by atoms with E-state index in [2.05, 4.69) is 6.92 Å². The molecule has 0 aromatic heterocycles. The summed E-state index contributed by atoms with van der Waals surface area (Å²) in [4.78, 5) is 0.923. The number of fused-ring (bicyclic) bond motifs is 1. The Hall–Kier alpha value is -1.23. The lowest BCUT2D eigenvalue weighted by Gasteiger charge is -2.25. The molecule has 0 saturated carbocycles. The average Bonchev–Trinajstić information content (AvgIpc) is 2.23. The molecular formula is C10H14N2O2S. The summed E-state index contributed by atoms with van der Waals surface area (Å²) < 4.78 is 10.7. The first kappa shape index (κ1) is 10.3. The van der Waals surface area contributed by atoms with Gasteiger partial charge in [0.25, 0.3) is 0 Å². The summed E-state index contributed by atoms with van der Waals surface area (Å²) in [6, 6.07) is 1.74. The predicted octanol–water partition coefficient (Wildman–Crippen LogP) is 1.73. The van der Waals surface area contributed by atoms with Crippen LogP contribution in [-0.2, 0) is 0 Å². The van der Waals surface area contributed by atoms with Crippen LogP contribution in [0.5, 0.6) is 11.5 Å². The number of nitrogens with two attached hydrogens (primary N) is 2. The van der Waals surface area contributed by atoms with Crippen LogP contribution < -0.4 is 20.9 Å². The molecule has 2 rings (SSSR count). The highest BCUT2D eigenvalue weighted by atomic mass is 32.2. The van der Waals surface area contributed by atoms with Crippen molar-refractivity contribution in [1.82, 2.24) is 0 Å². The second-order valence-corrected chi connectivity index (χ2v) is 4.93. The van der Waals surface area contributed by atoms with E-state index < -0.39 is 0 Å². The van der Waals surface area contributed by atoms with E-state index in [-0.39, 0.29) is 0 Å². The van der Waals surface area contributed by atoms with Crippen molar-refractivity contribution in [2.24, 2.45) is 0 Å². The lowest BCUT2D eigenvalue weighted by Crippen LogP contribution is -2.17. The van der Waals surface area contributed by atoms with E-state index >= 15 is 0 Å². The van der Waals surface area contributed by atoms with Gasteiger partial charge in [0.1, 0.15) is 18.0 Å². The Labute approximate surface area is 92.9 Å². The van der Waals surface area contributed by atoms with E-state index in [9.17, 15) is 0 Å². The van der Waals surface area contributed by atoms with Crippen molar-refractivity contribution in [3.05, 3.63) is 6.07 Å². The second-order valence-electron chi connectivity index (χ2n) is 3.48. The van der Waals surface area contributed by atoms with E-state index in [1.54, 1.807) is 24.9 Å². The molecule has 0 radical (unpaired) electrons. The van der Waals surface area contributed by atoms with Gasteiger partial charge in [0.15, 0.2) is 5.75 Å². The molecule has 1 atom stereocenters. The molecule has 0 bridgehead atoms. The first-order chi connectivity index (χ1) is 7.13. The van der Waals surface area contributed by atoms with Crippen LogP contribution in [0.4, 0.5) is 11.4 Å². The molecule has 82 valence electrons. The van der Waals surface area contributed by atoms with Crippen molar-refractivity contribution in [2.75, 3.05) is 25.2 Å². The smallest absolute Gasteiger partial charge is 0.161 e. The minimum Gasteiger partial charge on any atom is -0.494 e. The van der Waals surface area contributed by atoms with Crippen molar-refractivity contribution in [3.8, 4) is 11.5 Å². The molecule has 1 aromatic carbocycles. The molecule has 5 heteroatoms. The Bertz CT molecular complexity index is 395. The molecule has 0 fully saturated rings. The van der Waals surface area contributed by atoms with Crippen LogP contribution in [0, 0.1) is 0 Å². The normalized spacial score (nSPS) is 19.2. The van der Waals surface area contributed by atoms with Crippen LogP contribution in [-0.4, -0.2) is 19.0 Å². The molecule has 0 amide bonds. The van der Waals surface area contributed by atoms with Gasteiger partial charge < -0.3 is 20.9 Å². The summed E-state index contributed by atoms with van der Waals surface area (Å²) in [5.41, 5.74) is 13.0. The minimum absolute atomic E-state index is 0.396. The quantitative estimate of drug-likeness (QED) is 0.714. The maximum atomic E-state index is 5.91. The van der Waals surface area contributed by atoms with E-state index in [1.165, 1.54) is 0 Å². The number of methoxy groups -OCH3 is 1. The summed E-state index contributed by atoms with van der Waals surface area (Å²) in [5.74, 6) is 1.23. The monoisotopic (exact) mass is 226 g/mol. The van der Waals surface area contributed by atoms with Gasteiger partial charge in [-0.3, -0.25) is 0 Å². The van der Waals surface area contributed by atoms with Crippen LogP contribution in [0.3, 0.4) is 0 Å². The molecule has 1 aliphatic rings. The van der Waals surface area contributed by atoms with Crippen molar-refractivity contribution >= 4 is 23.1 Å². The molecule has 1 heterocycles. The van der Waals surface area contributed by atoms with Gasteiger partial charge in [0, 0.05) is 11.3 Å². The molecule has 1 aliphatic heterocycles. The zero-order chi connectivity index (χ0) is 11.0. The molecular weight excluding hydrogens is 212 g/mol. The standard InChI is InChI=1S/C10H14N2O2S/c1-5-4-14-9-8(12)7(13-2)3-6(11)10(9)15-5/h3,5H,4,11-12H2,1-2H3. The van der Waals surface area contributed by atoms with Crippen LogP contribution in [0.1, 0.15) is 6.92 Å². The van der Waals surface area contributed by atoms with Gasteiger partial charge in [-0.25, -0.2) is 0 Å². The van der Waals surface area contributed by atoms with Gasteiger partial charge in [-0.05, 0) is 6.92 Å². The Kier molecular flexibility index (Phi) is 2.56. The van der Waals surface area contributed by atoms with E-state index in [1.807, 2.05) is 0 Å². The molecule has 4 N–H and O–H groups in total. The number of anilines is 2. The summed E-state index contributed by atoms with van der Waals surface area (Å²) in [7, 11) is 1.57. The van der Waals surface area contributed by atoms with Crippen molar-refractivity contribution in [3.63, 3.8) is 0 Å². The topological polar surface area (TPSA) is 70.5 Å². The van der Waals surface area contributed by atoms with Gasteiger partial charge in [-0.1, -0.05) is 0 Å². The zero-order valence-corrected chi connectivity index (χ0v) is 9.56. The van der Waals surface area contributed by atoms with Crippen LogP contribution in [0.25, 0.3) is 0 Å². The van der Waals surface area contributed by atoms with Crippen LogP contribution >= 0.6 is 11.8 Å². The molecule has 4 nitrogen and oxygen atoms in total. The zero-order valence-electron chi connectivity index (χ0n) is 8.74. The Morgan fingerprint density at radius 2 is 2.27 bits per heavy atom. The van der Waals surface area contributed by atoms with Crippen LogP contribution in [0.15, 0.2) is 11.0 Å². The van der Waals surface area contributed by atoms with E-state index in [0.717, 1.165) is 4.90 Å². The summed E-state index contributed by atoms with van der Waals surface area (Å²) in [6.45, 7) is 2.74. The molecule has 1 aromatic rings. The fourth-order valence-electron chi connectivity index (χ4n) is 1.52. The largest absolute Gasteiger partial charge is 0.494 e. The summed E-state index contributed by atoms with van der Waals surface area (Å²) in [6.07, 6.45) is 0. The van der Waals surface area contributed by atoms with Crippen molar-refractivity contribution in [1.29, 1.82) is 0 Å². The third-order valence-electron chi connectivity index (χ3n) is 2.27. The first-order valence-electron chi connectivity index (χ1n) is 4.69. The number of ether oxygens (including phenoxy) is 2. The average molecular weight is 226 g/mol. The summed E-state index contributed by atoms with van der Waals surface area (Å²) in [5, 5.41) is 0.396. The first-order valence-corrected chi connectivity index (χ1v) is 5.56. The Balaban J connectivity index is 2.54. The highest BCUT2D eigenvalue weighted by molar-refractivity contribution is 8.00. The highest BCUT2D eigenvalue weighted by Crippen LogP contribution is 2.48. The number of hydrogen-bond acceptors (Lipinski definition) is 5. The third kappa shape index (κ3) is 1.67. The van der Waals surface area contributed by atoms with E-state index in [0.29, 0.717) is 34.7 Å². The fourth-order valence-corrected chi connectivity index (χ4v) is 2.53. The number of benzene rings is 1. The second kappa shape index (κ2) is 3.73. The lowest BCUT2D eigenvalue weighted by molar-refractivity contribution is 0.307. The number of hydrogen-bond donors (Lipinski definition) is 2. The van der Waals surface area contributed by atoms with Crippen LogP contribution in [0.2, 0.25) is 0 Å². The third-order valence-corrected chi connectivity index (χ3v) is 3.46. The molecule has 15 heavy (non-hydrogen) atoms. The lowest BCUT2D eigenvalue weighted by atomic mass is 10.2. The SMILES string of the molecule is COc1cc(N)c2c(c1N)OCC(C)S2. The number of nitrogen functional groups attached to an aromatic ring is 2. The minimum atomic E-state index is 0.396. The number of thioether (sulfide) groups is 1. The van der Waals surface area contributed by atoms with E-state index in [4.69, 9.17) is 20.9 Å². The Morgan fingerprint density at radius 3 is 2.93 bits per heavy atom. The molecule has 0 aliphatic carbocycles. The van der Waals surface area contributed by atoms with Gasteiger partial charge in [0.2, 0.25) is 0 Å². The fraction of sp³-hybridized carbons (Fsp3) is 0.400. The maximum Gasteiger partial charge on any atom is 0.161 e. The highest BCUT2D eigenvalue weighted by Gasteiger charge is 2.24. The van der Waals surface area contributed by atoms with Crippen molar-refractivity contribution in [2.45, 2.75) is 17.1 Å².